The summed E-state index contributed by atoms with van der Waals surface area (Å²) in [6, 6.07) is 22.6. The number of para-hydroxylation sites is 3. The maximum Gasteiger partial charge on any atom is 0.234 e. The zero-order valence-corrected chi connectivity index (χ0v) is 21.1. The SMILES string of the molecule is COc1ccccc1OC(C)c1nnc(SCC(=O)Nc2cccc(Cl)c2C)n1-c1ccccc1. The smallest absolute Gasteiger partial charge is 0.234 e. The minimum atomic E-state index is -0.434. The third-order valence-corrected chi connectivity index (χ3v) is 6.62. The van der Waals surface area contributed by atoms with Crippen molar-refractivity contribution in [2.75, 3.05) is 18.2 Å². The van der Waals surface area contributed by atoms with Crippen molar-refractivity contribution in [3.63, 3.8) is 0 Å². The highest BCUT2D eigenvalue weighted by molar-refractivity contribution is 7.99. The summed E-state index contributed by atoms with van der Waals surface area (Å²) >= 11 is 7.47. The second kappa shape index (κ2) is 11.3. The molecule has 1 unspecified atom stereocenters. The molecule has 1 heterocycles. The number of rotatable bonds is 9. The Bertz CT molecular complexity index is 1310. The van der Waals surface area contributed by atoms with Crippen molar-refractivity contribution in [2.24, 2.45) is 0 Å². The van der Waals surface area contributed by atoms with E-state index in [0.29, 0.717) is 33.2 Å². The number of carbonyl (C=O) groups is 1. The number of nitrogens with zero attached hydrogens (tertiary/aromatic N) is 3. The Morgan fingerprint density at radius 1 is 1.03 bits per heavy atom. The van der Waals surface area contributed by atoms with E-state index in [4.69, 9.17) is 21.1 Å². The molecule has 0 radical (unpaired) electrons. The molecule has 1 N–H and O–H groups in total. The minimum Gasteiger partial charge on any atom is -0.493 e. The van der Waals surface area contributed by atoms with Crippen LogP contribution in [0.15, 0.2) is 78.0 Å². The maximum atomic E-state index is 12.7. The molecule has 0 saturated carbocycles. The zero-order valence-electron chi connectivity index (χ0n) is 19.6. The van der Waals surface area contributed by atoms with Crippen LogP contribution in [-0.4, -0.2) is 33.5 Å². The number of benzene rings is 3. The van der Waals surface area contributed by atoms with Crippen LogP contribution in [0.2, 0.25) is 5.02 Å². The Labute approximate surface area is 213 Å². The van der Waals surface area contributed by atoms with E-state index in [0.717, 1.165) is 11.3 Å². The van der Waals surface area contributed by atoms with Gasteiger partial charge in [-0.25, -0.2) is 0 Å². The van der Waals surface area contributed by atoms with Crippen LogP contribution >= 0.6 is 23.4 Å². The van der Waals surface area contributed by atoms with E-state index in [1.807, 2.05) is 79.1 Å². The largest absolute Gasteiger partial charge is 0.493 e. The van der Waals surface area contributed by atoms with Crippen molar-refractivity contribution in [3.05, 3.63) is 89.2 Å². The maximum absolute atomic E-state index is 12.7. The van der Waals surface area contributed by atoms with Gasteiger partial charge in [0.05, 0.1) is 12.9 Å². The fraction of sp³-hybridized carbons (Fsp3) is 0.192. The number of thioether (sulfide) groups is 1. The summed E-state index contributed by atoms with van der Waals surface area (Å²) in [6.45, 7) is 3.77. The van der Waals surface area contributed by atoms with E-state index >= 15 is 0 Å². The number of hydrogen-bond donors (Lipinski definition) is 1. The summed E-state index contributed by atoms with van der Waals surface area (Å²) in [5.41, 5.74) is 2.38. The van der Waals surface area contributed by atoms with Gasteiger partial charge in [0.1, 0.15) is 0 Å². The van der Waals surface area contributed by atoms with Crippen LogP contribution in [0.25, 0.3) is 5.69 Å². The number of hydrogen-bond acceptors (Lipinski definition) is 6. The van der Waals surface area contributed by atoms with Crippen molar-refractivity contribution < 1.29 is 14.3 Å². The molecule has 1 atom stereocenters. The summed E-state index contributed by atoms with van der Waals surface area (Å²) in [5.74, 6) is 1.83. The standard InChI is InChI=1S/C26H25ClN4O3S/c1-17-20(27)12-9-13-21(17)28-24(32)16-35-26-30-29-25(31(26)19-10-5-4-6-11-19)18(2)34-23-15-8-7-14-22(23)33-3/h4-15,18H,16H2,1-3H3,(H,28,32). The van der Waals surface area contributed by atoms with Gasteiger partial charge in [0.15, 0.2) is 28.6 Å². The molecule has 35 heavy (non-hydrogen) atoms. The first-order chi connectivity index (χ1) is 17.0. The predicted octanol–water partition coefficient (Wildman–Crippen LogP) is 6.11. The van der Waals surface area contributed by atoms with Crippen molar-refractivity contribution >= 4 is 35.0 Å². The number of nitrogens with one attached hydrogen (secondary N) is 1. The van der Waals surface area contributed by atoms with Crippen LogP contribution in [0, 0.1) is 6.92 Å². The first-order valence-electron chi connectivity index (χ1n) is 11.0. The van der Waals surface area contributed by atoms with Crippen LogP contribution in [0.5, 0.6) is 11.5 Å². The fourth-order valence-electron chi connectivity index (χ4n) is 3.48. The van der Waals surface area contributed by atoms with Gasteiger partial charge < -0.3 is 14.8 Å². The fourth-order valence-corrected chi connectivity index (χ4v) is 4.41. The van der Waals surface area contributed by atoms with E-state index in [9.17, 15) is 4.79 Å². The highest BCUT2D eigenvalue weighted by Gasteiger charge is 2.22. The average molecular weight is 509 g/mol. The Kier molecular flexibility index (Phi) is 7.94. The lowest BCUT2D eigenvalue weighted by Crippen LogP contribution is -2.16. The predicted molar refractivity (Wildman–Crippen MR) is 139 cm³/mol. The molecule has 4 rings (SSSR count). The van der Waals surface area contributed by atoms with Gasteiger partial charge >= 0.3 is 0 Å². The summed E-state index contributed by atoms with van der Waals surface area (Å²) in [4.78, 5) is 12.7. The first kappa shape index (κ1) is 24.6. The second-order valence-electron chi connectivity index (χ2n) is 7.67. The number of ether oxygens (including phenoxy) is 2. The Morgan fingerprint density at radius 3 is 2.49 bits per heavy atom. The van der Waals surface area contributed by atoms with Crippen LogP contribution in [0.3, 0.4) is 0 Å². The molecule has 0 fully saturated rings. The first-order valence-corrected chi connectivity index (χ1v) is 12.3. The lowest BCUT2D eigenvalue weighted by atomic mass is 10.2. The summed E-state index contributed by atoms with van der Waals surface area (Å²) in [5, 5.41) is 12.9. The van der Waals surface area contributed by atoms with Crippen LogP contribution in [-0.2, 0) is 4.79 Å². The van der Waals surface area contributed by atoms with Crippen molar-refractivity contribution in [2.45, 2.75) is 25.1 Å². The molecule has 0 aliphatic carbocycles. The third kappa shape index (κ3) is 5.78. The van der Waals surface area contributed by atoms with Crippen LogP contribution in [0.4, 0.5) is 5.69 Å². The summed E-state index contributed by atoms with van der Waals surface area (Å²) in [6.07, 6.45) is -0.434. The number of carbonyl (C=O) groups excluding carboxylic acids is 1. The molecule has 180 valence electrons. The Balaban J connectivity index is 1.56. The number of methoxy groups -OCH3 is 1. The van der Waals surface area contributed by atoms with Gasteiger partial charge in [-0.1, -0.05) is 59.8 Å². The Hall–Kier alpha value is -3.49. The molecule has 3 aromatic carbocycles. The molecular formula is C26H25ClN4O3S. The molecule has 0 saturated heterocycles. The average Bonchev–Trinajstić information content (AvgIpc) is 3.30. The quantitative estimate of drug-likeness (QED) is 0.275. The minimum absolute atomic E-state index is 0.151. The summed E-state index contributed by atoms with van der Waals surface area (Å²) in [7, 11) is 1.60. The van der Waals surface area contributed by atoms with E-state index in [1.165, 1.54) is 11.8 Å². The normalized spacial score (nSPS) is 11.7. The van der Waals surface area contributed by atoms with Gasteiger partial charge in [-0.05, 0) is 55.8 Å². The zero-order chi connectivity index (χ0) is 24.8. The molecular weight excluding hydrogens is 484 g/mol. The van der Waals surface area contributed by atoms with E-state index in [1.54, 1.807) is 19.2 Å². The van der Waals surface area contributed by atoms with Gasteiger partial charge in [0.2, 0.25) is 5.91 Å². The lowest BCUT2D eigenvalue weighted by Gasteiger charge is -2.18. The third-order valence-electron chi connectivity index (χ3n) is 5.28. The molecule has 1 aromatic heterocycles. The van der Waals surface area contributed by atoms with Gasteiger partial charge in [-0.15, -0.1) is 10.2 Å². The van der Waals surface area contributed by atoms with Crippen molar-refractivity contribution in [1.82, 2.24) is 14.8 Å². The molecule has 9 heteroatoms. The number of amides is 1. The monoisotopic (exact) mass is 508 g/mol. The number of halogens is 1. The van der Waals surface area contributed by atoms with Crippen molar-refractivity contribution in [1.29, 1.82) is 0 Å². The number of aromatic nitrogens is 3. The Morgan fingerprint density at radius 2 is 1.74 bits per heavy atom. The molecule has 0 aliphatic rings. The molecule has 0 aliphatic heterocycles. The highest BCUT2D eigenvalue weighted by Crippen LogP contribution is 2.32. The van der Waals surface area contributed by atoms with Crippen LogP contribution < -0.4 is 14.8 Å². The lowest BCUT2D eigenvalue weighted by molar-refractivity contribution is -0.113. The van der Waals surface area contributed by atoms with E-state index < -0.39 is 6.10 Å². The molecule has 0 bridgehead atoms. The molecule has 4 aromatic rings. The van der Waals surface area contributed by atoms with Crippen molar-refractivity contribution in [3.8, 4) is 17.2 Å². The topological polar surface area (TPSA) is 78.3 Å². The second-order valence-corrected chi connectivity index (χ2v) is 9.02. The highest BCUT2D eigenvalue weighted by atomic mass is 35.5. The van der Waals surface area contributed by atoms with Gasteiger partial charge in [-0.3, -0.25) is 9.36 Å². The molecule has 7 nitrogen and oxygen atoms in total. The van der Waals surface area contributed by atoms with Gasteiger partial charge in [0, 0.05) is 16.4 Å². The van der Waals surface area contributed by atoms with Gasteiger partial charge in [0.25, 0.3) is 0 Å². The van der Waals surface area contributed by atoms with Crippen LogP contribution in [0.1, 0.15) is 24.4 Å². The number of anilines is 1. The molecule has 0 spiro atoms. The molecule has 1 amide bonds. The van der Waals surface area contributed by atoms with E-state index in [-0.39, 0.29) is 11.7 Å². The van der Waals surface area contributed by atoms with E-state index in [2.05, 4.69) is 15.5 Å². The van der Waals surface area contributed by atoms with Gasteiger partial charge in [-0.2, -0.15) is 0 Å². The summed E-state index contributed by atoms with van der Waals surface area (Å²) < 4.78 is 13.5.